The molecule has 2 atom stereocenters. The Balaban J connectivity index is 2.20. The number of amides is 1. The predicted octanol–water partition coefficient (Wildman–Crippen LogP) is 2.70. The number of nitro groups is 1. The van der Waals surface area contributed by atoms with Gasteiger partial charge < -0.3 is 15.5 Å². The van der Waals surface area contributed by atoms with Crippen LogP contribution in [0.3, 0.4) is 0 Å². The highest BCUT2D eigenvalue weighted by atomic mass is 32.2. The molecule has 10 nitrogen and oxygen atoms in total. The number of rotatable bonds is 12. The molecule has 4 N–H and O–H groups in total. The Hall–Kier alpha value is -3.02. The van der Waals surface area contributed by atoms with E-state index in [1.54, 1.807) is 30.3 Å². The Morgan fingerprint density at radius 1 is 1.15 bits per heavy atom. The number of aliphatic hydroxyl groups excluding tert-OH is 1. The normalized spacial score (nSPS) is 13.5. The standard InChI is InChI=1S/C22H29N3O7S/c1-15(2)8-9-17-13-18(25(29)30)10-11-21(17)33(31,32)23-14-20(26)19(24-22(27)28)12-16-6-4-3-5-7-16/h3-7,10-11,13,15,19-20,23-24,26H,8-9,12,14H2,1-2H3,(H,27,28)/t19-,20+/m0/s1. The summed E-state index contributed by atoms with van der Waals surface area (Å²) in [6.07, 6.45) is -1.58. The maximum Gasteiger partial charge on any atom is 0.404 e. The predicted molar refractivity (Wildman–Crippen MR) is 123 cm³/mol. The van der Waals surface area contributed by atoms with Crippen LogP contribution in [0.15, 0.2) is 53.4 Å². The number of aryl methyl sites for hydroxylation is 1. The highest BCUT2D eigenvalue weighted by molar-refractivity contribution is 7.89. The summed E-state index contributed by atoms with van der Waals surface area (Å²) in [5.74, 6) is 0.260. The first-order valence-electron chi connectivity index (χ1n) is 10.5. The molecule has 0 radical (unpaired) electrons. The van der Waals surface area contributed by atoms with Crippen molar-refractivity contribution >= 4 is 21.8 Å². The van der Waals surface area contributed by atoms with E-state index in [1.807, 2.05) is 13.8 Å². The minimum Gasteiger partial charge on any atom is -0.465 e. The van der Waals surface area contributed by atoms with E-state index in [0.29, 0.717) is 18.4 Å². The molecule has 0 aliphatic heterocycles. The quantitative estimate of drug-likeness (QED) is 0.269. The molecule has 0 fully saturated rings. The molecule has 11 heteroatoms. The number of carbonyl (C=O) groups is 1. The molecule has 0 bridgehead atoms. The van der Waals surface area contributed by atoms with E-state index in [1.165, 1.54) is 12.1 Å². The molecule has 0 spiro atoms. The molecule has 0 aliphatic carbocycles. The Morgan fingerprint density at radius 2 is 1.82 bits per heavy atom. The van der Waals surface area contributed by atoms with Gasteiger partial charge in [0.1, 0.15) is 0 Å². The third-order valence-corrected chi connectivity index (χ3v) is 6.61. The average molecular weight is 480 g/mol. The molecular formula is C22H29N3O7S. The number of nitrogens with one attached hydrogen (secondary N) is 2. The number of hydrogen-bond donors (Lipinski definition) is 4. The summed E-state index contributed by atoms with van der Waals surface area (Å²) < 4.78 is 28.2. The van der Waals surface area contributed by atoms with Gasteiger partial charge in [-0.2, -0.15) is 0 Å². The van der Waals surface area contributed by atoms with Crippen molar-refractivity contribution in [2.45, 2.75) is 50.2 Å². The molecule has 0 heterocycles. The van der Waals surface area contributed by atoms with E-state index in [4.69, 9.17) is 5.11 Å². The van der Waals surface area contributed by atoms with Gasteiger partial charge in [0.2, 0.25) is 10.0 Å². The van der Waals surface area contributed by atoms with Crippen LogP contribution in [0.25, 0.3) is 0 Å². The third kappa shape index (κ3) is 8.12. The van der Waals surface area contributed by atoms with E-state index >= 15 is 0 Å². The fourth-order valence-corrected chi connectivity index (χ4v) is 4.61. The van der Waals surface area contributed by atoms with Crippen molar-refractivity contribution in [3.8, 4) is 0 Å². The van der Waals surface area contributed by atoms with E-state index in [-0.39, 0.29) is 22.9 Å². The second-order valence-electron chi connectivity index (χ2n) is 8.15. The van der Waals surface area contributed by atoms with Gasteiger partial charge in [-0.3, -0.25) is 10.1 Å². The SMILES string of the molecule is CC(C)CCc1cc([N+](=O)[O-])ccc1S(=O)(=O)NC[C@@H](O)[C@H](Cc1ccccc1)NC(=O)O. The number of non-ortho nitro benzene ring substituents is 1. The van der Waals surface area contributed by atoms with Gasteiger partial charge in [-0.05, 0) is 42.4 Å². The van der Waals surface area contributed by atoms with E-state index < -0.39 is 39.7 Å². The monoisotopic (exact) mass is 479 g/mol. The lowest BCUT2D eigenvalue weighted by Gasteiger charge is -2.23. The summed E-state index contributed by atoms with van der Waals surface area (Å²) >= 11 is 0. The Morgan fingerprint density at radius 3 is 2.39 bits per heavy atom. The lowest BCUT2D eigenvalue weighted by Crippen LogP contribution is -2.49. The van der Waals surface area contributed by atoms with Crippen molar-refractivity contribution in [2.75, 3.05) is 6.54 Å². The first kappa shape index (κ1) is 26.2. The Labute approximate surface area is 192 Å². The van der Waals surface area contributed by atoms with Crippen LogP contribution in [0, 0.1) is 16.0 Å². The van der Waals surface area contributed by atoms with E-state index in [9.17, 15) is 28.4 Å². The molecule has 0 aliphatic rings. The van der Waals surface area contributed by atoms with Crippen molar-refractivity contribution in [3.05, 3.63) is 69.8 Å². The van der Waals surface area contributed by atoms with Crippen molar-refractivity contribution in [1.82, 2.24) is 10.0 Å². The smallest absolute Gasteiger partial charge is 0.404 e. The summed E-state index contributed by atoms with van der Waals surface area (Å²) in [7, 11) is -4.12. The van der Waals surface area contributed by atoms with Crippen LogP contribution in [0.2, 0.25) is 0 Å². The molecule has 0 aromatic heterocycles. The first-order valence-corrected chi connectivity index (χ1v) is 12.0. The zero-order valence-corrected chi connectivity index (χ0v) is 19.3. The molecule has 2 aromatic rings. The lowest BCUT2D eigenvalue weighted by molar-refractivity contribution is -0.385. The van der Waals surface area contributed by atoms with Crippen molar-refractivity contribution in [2.24, 2.45) is 5.92 Å². The second kappa shape index (κ2) is 11.7. The van der Waals surface area contributed by atoms with Gasteiger partial charge in [-0.15, -0.1) is 0 Å². The topological polar surface area (TPSA) is 159 Å². The van der Waals surface area contributed by atoms with Gasteiger partial charge in [-0.1, -0.05) is 44.2 Å². The van der Waals surface area contributed by atoms with Crippen molar-refractivity contribution in [3.63, 3.8) is 0 Å². The molecule has 2 aromatic carbocycles. The van der Waals surface area contributed by atoms with E-state index in [0.717, 1.165) is 11.6 Å². The molecule has 33 heavy (non-hydrogen) atoms. The molecule has 1 amide bonds. The number of benzene rings is 2. The summed E-state index contributed by atoms with van der Waals surface area (Å²) in [6.45, 7) is 3.48. The zero-order valence-electron chi connectivity index (χ0n) is 18.5. The minimum absolute atomic E-state index is 0.105. The van der Waals surface area contributed by atoms with Crippen LogP contribution in [0.1, 0.15) is 31.4 Å². The summed E-state index contributed by atoms with van der Waals surface area (Å²) in [6, 6.07) is 11.5. The zero-order chi connectivity index (χ0) is 24.6. The second-order valence-corrected chi connectivity index (χ2v) is 9.88. The Bertz CT molecular complexity index is 1060. The number of aliphatic hydroxyl groups is 1. The maximum absolute atomic E-state index is 13.0. The number of carboxylic acid groups (broad SMARTS) is 1. The van der Waals surface area contributed by atoms with Gasteiger partial charge in [0.05, 0.1) is 22.0 Å². The number of nitro benzene ring substituents is 1. The minimum atomic E-state index is -4.12. The van der Waals surface area contributed by atoms with E-state index in [2.05, 4.69) is 10.0 Å². The highest BCUT2D eigenvalue weighted by Gasteiger charge is 2.26. The van der Waals surface area contributed by atoms with Gasteiger partial charge in [0, 0.05) is 18.7 Å². The van der Waals surface area contributed by atoms with Crippen molar-refractivity contribution in [1.29, 1.82) is 0 Å². The Kier molecular flexibility index (Phi) is 9.32. The summed E-state index contributed by atoms with van der Waals surface area (Å²) in [5.41, 5.74) is 0.871. The fraction of sp³-hybridized carbons (Fsp3) is 0.409. The van der Waals surface area contributed by atoms with Crippen LogP contribution in [-0.2, 0) is 22.9 Å². The molecular weight excluding hydrogens is 450 g/mol. The van der Waals surface area contributed by atoms with Crippen LogP contribution >= 0.6 is 0 Å². The summed E-state index contributed by atoms with van der Waals surface area (Å²) in [4.78, 5) is 21.6. The van der Waals surface area contributed by atoms with Gasteiger partial charge in [0.25, 0.3) is 5.69 Å². The first-order chi connectivity index (χ1) is 15.5. The van der Waals surface area contributed by atoms with Crippen LogP contribution in [0.5, 0.6) is 0 Å². The molecule has 0 saturated carbocycles. The summed E-state index contributed by atoms with van der Waals surface area (Å²) in [5, 5.41) is 33.0. The largest absolute Gasteiger partial charge is 0.465 e. The average Bonchev–Trinajstić information content (AvgIpc) is 2.75. The van der Waals surface area contributed by atoms with Crippen molar-refractivity contribution < 1.29 is 28.3 Å². The van der Waals surface area contributed by atoms with Crippen LogP contribution < -0.4 is 10.0 Å². The molecule has 2 rings (SSSR count). The molecule has 180 valence electrons. The molecule has 0 unspecified atom stereocenters. The van der Waals surface area contributed by atoms with Gasteiger partial charge in [-0.25, -0.2) is 17.9 Å². The number of hydrogen-bond acceptors (Lipinski definition) is 6. The van der Waals surface area contributed by atoms with Crippen LogP contribution in [-0.4, -0.2) is 48.3 Å². The highest BCUT2D eigenvalue weighted by Crippen LogP contribution is 2.24. The van der Waals surface area contributed by atoms with Gasteiger partial charge >= 0.3 is 6.09 Å². The third-order valence-electron chi connectivity index (χ3n) is 5.09. The maximum atomic E-state index is 13.0. The number of nitrogens with zero attached hydrogens (tertiary/aromatic N) is 1. The van der Waals surface area contributed by atoms with Crippen LogP contribution in [0.4, 0.5) is 10.5 Å². The molecule has 0 saturated heterocycles. The number of sulfonamides is 1. The lowest BCUT2D eigenvalue weighted by atomic mass is 10.0. The van der Waals surface area contributed by atoms with Gasteiger partial charge in [0.15, 0.2) is 0 Å². The fourth-order valence-electron chi connectivity index (χ4n) is 3.31.